The second-order valence-electron chi connectivity index (χ2n) is 3.92. The van der Waals surface area contributed by atoms with Crippen molar-refractivity contribution in [3.05, 3.63) is 53.2 Å². The molecule has 1 aromatic carbocycles. The average Bonchev–Trinajstić information content (AvgIpc) is 2.78. The molecule has 0 aliphatic heterocycles. The van der Waals surface area contributed by atoms with Crippen LogP contribution >= 0.6 is 11.6 Å². The van der Waals surface area contributed by atoms with Crippen LogP contribution in [0.4, 0.5) is 0 Å². The lowest BCUT2D eigenvalue weighted by Crippen LogP contribution is -1.78. The maximum Gasteiger partial charge on any atom is 0.155 e. The van der Waals surface area contributed by atoms with Crippen LogP contribution in [0.3, 0.4) is 0 Å². The topological polar surface area (TPSA) is 26.0 Å². The predicted molar refractivity (Wildman–Crippen MR) is 80.5 cm³/mol. The average molecular weight is 274 g/mol. The van der Waals surface area contributed by atoms with Gasteiger partial charge in [0.05, 0.1) is 5.02 Å². The first-order valence-corrected chi connectivity index (χ1v) is 6.73. The van der Waals surface area contributed by atoms with E-state index >= 15 is 0 Å². The molecular formula is C16H16ClNO. The molecule has 0 aliphatic carbocycles. The highest BCUT2D eigenvalue weighted by Crippen LogP contribution is 2.32. The van der Waals surface area contributed by atoms with E-state index in [-0.39, 0.29) is 0 Å². The zero-order chi connectivity index (χ0) is 13.8. The van der Waals surface area contributed by atoms with Crippen molar-refractivity contribution in [1.29, 1.82) is 0 Å². The summed E-state index contributed by atoms with van der Waals surface area (Å²) in [5.74, 6) is 0.857. The fourth-order valence-corrected chi connectivity index (χ4v) is 2.09. The van der Waals surface area contributed by atoms with E-state index in [1.54, 1.807) is 12.3 Å². The molecule has 0 amide bonds. The molecule has 3 rings (SSSR count). The van der Waals surface area contributed by atoms with Crippen LogP contribution in [-0.4, -0.2) is 4.98 Å². The minimum absolute atomic E-state index is 0.589. The second kappa shape index (κ2) is 5.89. The van der Waals surface area contributed by atoms with Crippen molar-refractivity contribution >= 4 is 22.7 Å². The van der Waals surface area contributed by atoms with Crippen molar-refractivity contribution in [1.82, 2.24) is 4.98 Å². The normalized spacial score (nSPS) is 10.1. The SMILES string of the molecule is CC.Cc1c(-c2ccccc2)oc2cc(Cl)cnc12. The van der Waals surface area contributed by atoms with Crippen LogP contribution < -0.4 is 0 Å². The number of nitrogens with zero attached hydrogens (tertiary/aromatic N) is 1. The lowest BCUT2D eigenvalue weighted by Gasteiger charge is -1.96. The maximum absolute atomic E-state index is 5.90. The molecule has 0 bridgehead atoms. The van der Waals surface area contributed by atoms with E-state index in [1.807, 2.05) is 51.1 Å². The van der Waals surface area contributed by atoms with Crippen molar-refractivity contribution in [2.24, 2.45) is 0 Å². The fourth-order valence-electron chi connectivity index (χ4n) is 1.94. The van der Waals surface area contributed by atoms with E-state index < -0.39 is 0 Å². The number of aromatic nitrogens is 1. The van der Waals surface area contributed by atoms with Gasteiger partial charge in [-0.05, 0) is 6.92 Å². The third-order valence-electron chi connectivity index (χ3n) is 2.76. The van der Waals surface area contributed by atoms with E-state index in [1.165, 1.54) is 0 Å². The number of pyridine rings is 1. The number of furan rings is 1. The van der Waals surface area contributed by atoms with Gasteiger partial charge in [-0.3, -0.25) is 4.98 Å². The van der Waals surface area contributed by atoms with Gasteiger partial charge in [-0.2, -0.15) is 0 Å². The number of aryl methyl sites for hydroxylation is 1. The van der Waals surface area contributed by atoms with Crippen LogP contribution in [-0.2, 0) is 0 Å². The fraction of sp³-hybridized carbons (Fsp3) is 0.188. The third kappa shape index (κ3) is 2.64. The quantitative estimate of drug-likeness (QED) is 0.586. The molecule has 0 aliphatic rings. The van der Waals surface area contributed by atoms with Gasteiger partial charge >= 0.3 is 0 Å². The lowest BCUT2D eigenvalue weighted by molar-refractivity contribution is 0.628. The summed E-state index contributed by atoms with van der Waals surface area (Å²) in [5.41, 5.74) is 3.70. The molecule has 0 fully saturated rings. The third-order valence-corrected chi connectivity index (χ3v) is 2.97. The molecular weight excluding hydrogens is 258 g/mol. The van der Waals surface area contributed by atoms with Crippen molar-refractivity contribution in [2.45, 2.75) is 20.8 Å². The van der Waals surface area contributed by atoms with Gasteiger partial charge in [0.1, 0.15) is 11.3 Å². The molecule has 2 heterocycles. The molecule has 0 radical (unpaired) electrons. The summed E-state index contributed by atoms with van der Waals surface area (Å²) >= 11 is 5.90. The van der Waals surface area contributed by atoms with Crippen LogP contribution in [0.5, 0.6) is 0 Å². The molecule has 3 aromatic rings. The minimum Gasteiger partial charge on any atom is -0.454 e. The van der Waals surface area contributed by atoms with Crippen LogP contribution in [0.2, 0.25) is 5.02 Å². The van der Waals surface area contributed by atoms with Gasteiger partial charge in [0, 0.05) is 23.4 Å². The minimum atomic E-state index is 0.589. The zero-order valence-electron chi connectivity index (χ0n) is 11.3. The summed E-state index contributed by atoms with van der Waals surface area (Å²) in [5, 5.41) is 0.589. The van der Waals surface area contributed by atoms with Gasteiger partial charge < -0.3 is 4.42 Å². The Morgan fingerprint density at radius 3 is 2.47 bits per heavy atom. The molecule has 0 spiro atoms. The largest absolute Gasteiger partial charge is 0.454 e. The number of rotatable bonds is 1. The van der Waals surface area contributed by atoms with Gasteiger partial charge in [-0.1, -0.05) is 55.8 Å². The Kier molecular flexibility index (Phi) is 4.23. The number of benzene rings is 1. The Balaban J connectivity index is 0.000000637. The van der Waals surface area contributed by atoms with Gasteiger partial charge in [0.2, 0.25) is 0 Å². The molecule has 0 saturated heterocycles. The molecule has 0 unspecified atom stereocenters. The van der Waals surface area contributed by atoms with Crippen molar-refractivity contribution in [3.63, 3.8) is 0 Å². The summed E-state index contributed by atoms with van der Waals surface area (Å²) in [6, 6.07) is 11.8. The highest BCUT2D eigenvalue weighted by molar-refractivity contribution is 6.31. The van der Waals surface area contributed by atoms with Crippen molar-refractivity contribution in [3.8, 4) is 11.3 Å². The lowest BCUT2D eigenvalue weighted by atomic mass is 10.1. The summed E-state index contributed by atoms with van der Waals surface area (Å²) in [7, 11) is 0. The standard InChI is InChI=1S/C14H10ClNO.C2H6/c1-9-13-12(7-11(15)8-16-13)17-14(9)10-5-3-2-4-6-10;1-2/h2-8H,1H3;1-2H3. The Morgan fingerprint density at radius 2 is 1.79 bits per heavy atom. The number of fused-ring (bicyclic) bond motifs is 1. The molecule has 0 atom stereocenters. The molecule has 98 valence electrons. The van der Waals surface area contributed by atoms with Gasteiger partial charge in [0.25, 0.3) is 0 Å². The van der Waals surface area contributed by atoms with E-state index in [0.29, 0.717) is 5.02 Å². The molecule has 2 nitrogen and oxygen atoms in total. The second-order valence-corrected chi connectivity index (χ2v) is 4.36. The zero-order valence-corrected chi connectivity index (χ0v) is 12.0. The first-order chi connectivity index (χ1) is 9.25. The summed E-state index contributed by atoms with van der Waals surface area (Å²) < 4.78 is 5.82. The molecule has 0 N–H and O–H groups in total. The van der Waals surface area contributed by atoms with E-state index in [4.69, 9.17) is 16.0 Å². The first kappa shape index (κ1) is 13.6. The number of halogens is 1. The summed E-state index contributed by atoms with van der Waals surface area (Å²) in [6.45, 7) is 6.01. The Labute approximate surface area is 118 Å². The Morgan fingerprint density at radius 1 is 1.11 bits per heavy atom. The first-order valence-electron chi connectivity index (χ1n) is 6.36. The summed E-state index contributed by atoms with van der Waals surface area (Å²) in [4.78, 5) is 4.30. The highest BCUT2D eigenvalue weighted by atomic mass is 35.5. The number of hydrogen-bond acceptors (Lipinski definition) is 2. The van der Waals surface area contributed by atoms with E-state index in [2.05, 4.69) is 4.98 Å². The Bertz CT molecular complexity index is 674. The molecule has 3 heteroatoms. The predicted octanol–water partition coefficient (Wildman–Crippen LogP) is 5.48. The van der Waals surface area contributed by atoms with Gasteiger partial charge in [-0.15, -0.1) is 0 Å². The van der Waals surface area contributed by atoms with E-state index in [9.17, 15) is 0 Å². The monoisotopic (exact) mass is 273 g/mol. The number of hydrogen-bond donors (Lipinski definition) is 0. The summed E-state index contributed by atoms with van der Waals surface area (Å²) in [6.07, 6.45) is 1.64. The van der Waals surface area contributed by atoms with Crippen molar-refractivity contribution in [2.75, 3.05) is 0 Å². The van der Waals surface area contributed by atoms with Crippen LogP contribution in [0.25, 0.3) is 22.4 Å². The molecule has 19 heavy (non-hydrogen) atoms. The molecule has 2 aromatic heterocycles. The molecule has 0 saturated carbocycles. The van der Waals surface area contributed by atoms with Crippen LogP contribution in [0.15, 0.2) is 47.0 Å². The van der Waals surface area contributed by atoms with Crippen molar-refractivity contribution < 1.29 is 4.42 Å². The van der Waals surface area contributed by atoms with E-state index in [0.717, 1.165) is 28.0 Å². The Hall–Kier alpha value is -1.80. The van der Waals surface area contributed by atoms with Gasteiger partial charge in [0.15, 0.2) is 5.58 Å². The highest BCUT2D eigenvalue weighted by Gasteiger charge is 2.13. The smallest absolute Gasteiger partial charge is 0.155 e. The van der Waals surface area contributed by atoms with Crippen LogP contribution in [0.1, 0.15) is 19.4 Å². The maximum atomic E-state index is 5.90. The van der Waals surface area contributed by atoms with Gasteiger partial charge in [-0.25, -0.2) is 0 Å². The van der Waals surface area contributed by atoms with Crippen LogP contribution in [0, 0.1) is 6.92 Å².